The van der Waals surface area contributed by atoms with Gasteiger partial charge in [-0.25, -0.2) is 14.2 Å². The number of hydrogen-bond donors (Lipinski definition) is 2. The number of nitrogens with one attached hydrogen (secondary N) is 2. The Kier molecular flexibility index (Phi) is 4.88. The van der Waals surface area contributed by atoms with Crippen LogP contribution in [0.25, 0.3) is 0 Å². The van der Waals surface area contributed by atoms with Crippen LogP contribution in [0, 0.1) is 5.82 Å². The summed E-state index contributed by atoms with van der Waals surface area (Å²) in [7, 11) is 0. The molecule has 2 N–H and O–H groups in total. The normalized spacial score (nSPS) is 11.9. The highest BCUT2D eigenvalue weighted by molar-refractivity contribution is 5.76. The second-order valence-electron chi connectivity index (χ2n) is 4.98. The molecule has 0 aliphatic heterocycles. The second-order valence-corrected chi connectivity index (χ2v) is 4.98. The van der Waals surface area contributed by atoms with Gasteiger partial charge < -0.3 is 5.32 Å². The molecule has 7 heteroatoms. The summed E-state index contributed by atoms with van der Waals surface area (Å²) in [5, 5.41) is 2.59. The number of aryl methyl sites for hydroxylation is 1. The van der Waals surface area contributed by atoms with Crippen molar-refractivity contribution in [2.45, 2.75) is 25.8 Å². The predicted octanol–water partition coefficient (Wildman–Crippen LogP) is 1.25. The minimum atomic E-state index is -1.19. The van der Waals surface area contributed by atoms with Gasteiger partial charge in [0.15, 0.2) is 0 Å². The van der Waals surface area contributed by atoms with E-state index in [-0.39, 0.29) is 6.04 Å². The third-order valence-electron chi connectivity index (χ3n) is 3.20. The number of hydrogen-bond acceptors (Lipinski definition) is 3. The Morgan fingerprint density at radius 3 is 2.68 bits per heavy atom. The summed E-state index contributed by atoms with van der Waals surface area (Å²) in [4.78, 5) is 36.0. The number of amides is 1. The van der Waals surface area contributed by atoms with Crippen molar-refractivity contribution in [3.8, 4) is 0 Å². The van der Waals surface area contributed by atoms with Crippen LogP contribution in [0.15, 0.2) is 46.1 Å². The summed E-state index contributed by atoms with van der Waals surface area (Å²) < 4.78 is 13.7. The molecule has 1 atom stereocenters. The van der Waals surface area contributed by atoms with E-state index in [1.807, 2.05) is 30.3 Å². The first-order chi connectivity index (χ1) is 10.5. The fourth-order valence-corrected chi connectivity index (χ4v) is 1.98. The molecular weight excluding hydrogens is 289 g/mol. The summed E-state index contributed by atoms with van der Waals surface area (Å²) in [6, 6.07) is 8.76. The zero-order chi connectivity index (χ0) is 16.1. The maximum Gasteiger partial charge on any atom is 0.336 e. The molecule has 0 bridgehead atoms. The highest BCUT2D eigenvalue weighted by Gasteiger charge is 2.13. The fraction of sp³-hybridized carbons (Fsp3) is 0.267. The molecule has 2 aromatic rings. The third-order valence-corrected chi connectivity index (χ3v) is 3.20. The van der Waals surface area contributed by atoms with E-state index in [4.69, 9.17) is 0 Å². The Balaban J connectivity index is 1.98. The monoisotopic (exact) mass is 305 g/mol. The van der Waals surface area contributed by atoms with Crippen LogP contribution >= 0.6 is 0 Å². The van der Waals surface area contributed by atoms with Crippen molar-refractivity contribution in [3.63, 3.8) is 0 Å². The number of H-pyrrole nitrogens is 1. The van der Waals surface area contributed by atoms with Gasteiger partial charge in [0.05, 0.1) is 6.20 Å². The van der Waals surface area contributed by atoms with Gasteiger partial charge in [0.1, 0.15) is 0 Å². The number of carbonyl (C=O) groups excluding carboxylic acids is 1. The largest absolute Gasteiger partial charge is 0.336 e. The van der Waals surface area contributed by atoms with Crippen molar-refractivity contribution in [3.05, 3.63) is 68.7 Å². The van der Waals surface area contributed by atoms with Crippen molar-refractivity contribution >= 4 is 6.03 Å². The van der Waals surface area contributed by atoms with Gasteiger partial charge in [-0.15, -0.1) is 0 Å². The van der Waals surface area contributed by atoms with Crippen LogP contribution in [0.1, 0.15) is 18.9 Å². The van der Waals surface area contributed by atoms with E-state index in [1.165, 1.54) is 0 Å². The number of nitrogens with zero attached hydrogens (tertiary/aromatic N) is 1. The Morgan fingerprint density at radius 2 is 2.00 bits per heavy atom. The van der Waals surface area contributed by atoms with Gasteiger partial charge in [-0.2, -0.15) is 4.39 Å². The van der Waals surface area contributed by atoms with Crippen LogP contribution in [-0.2, 0) is 6.42 Å². The zero-order valence-corrected chi connectivity index (χ0v) is 12.0. The third kappa shape index (κ3) is 3.91. The molecule has 22 heavy (non-hydrogen) atoms. The van der Waals surface area contributed by atoms with Gasteiger partial charge in [-0.05, 0) is 25.3 Å². The summed E-state index contributed by atoms with van der Waals surface area (Å²) in [5.74, 6) is -1.19. The standard InChI is InChI=1S/C15H16FN3O3/c1-10(7-8-11-5-3-2-4-6-11)17-14(21)19-9-12(16)13(20)18-15(19)22/h2-6,9-10H,7-8H2,1H3,(H,17,21)(H,18,20,22). The van der Waals surface area contributed by atoms with Crippen molar-refractivity contribution in [1.29, 1.82) is 0 Å². The molecule has 2 rings (SSSR count). The molecule has 0 aliphatic rings. The lowest BCUT2D eigenvalue weighted by atomic mass is 10.1. The van der Waals surface area contributed by atoms with Crippen LogP contribution < -0.4 is 16.6 Å². The van der Waals surface area contributed by atoms with E-state index in [0.29, 0.717) is 17.2 Å². The van der Waals surface area contributed by atoms with Crippen LogP contribution in [0.5, 0.6) is 0 Å². The number of benzene rings is 1. The van der Waals surface area contributed by atoms with Gasteiger partial charge in [0.2, 0.25) is 5.82 Å². The molecule has 1 amide bonds. The van der Waals surface area contributed by atoms with Gasteiger partial charge in [0, 0.05) is 6.04 Å². The van der Waals surface area contributed by atoms with Gasteiger partial charge in [-0.1, -0.05) is 30.3 Å². The second kappa shape index (κ2) is 6.84. The predicted molar refractivity (Wildman–Crippen MR) is 79.4 cm³/mol. The van der Waals surface area contributed by atoms with Gasteiger partial charge in [-0.3, -0.25) is 9.78 Å². The molecule has 0 fully saturated rings. The lowest BCUT2D eigenvalue weighted by Crippen LogP contribution is -2.43. The van der Waals surface area contributed by atoms with Crippen LogP contribution in [-0.4, -0.2) is 21.6 Å². The first-order valence-electron chi connectivity index (χ1n) is 6.83. The molecule has 1 aromatic heterocycles. The molecule has 1 aromatic carbocycles. The first kappa shape index (κ1) is 15.7. The zero-order valence-electron chi connectivity index (χ0n) is 12.0. The number of aromatic amines is 1. The quantitative estimate of drug-likeness (QED) is 0.892. The van der Waals surface area contributed by atoms with Crippen LogP contribution in [0.4, 0.5) is 9.18 Å². The number of aromatic nitrogens is 2. The molecule has 1 unspecified atom stereocenters. The molecule has 1 heterocycles. The highest BCUT2D eigenvalue weighted by atomic mass is 19.1. The number of halogens is 1. The average molecular weight is 305 g/mol. The Morgan fingerprint density at radius 1 is 1.32 bits per heavy atom. The van der Waals surface area contributed by atoms with E-state index in [0.717, 1.165) is 12.0 Å². The first-order valence-corrected chi connectivity index (χ1v) is 6.83. The topological polar surface area (TPSA) is 84.0 Å². The van der Waals surface area contributed by atoms with E-state index in [1.54, 1.807) is 11.9 Å². The molecule has 0 saturated carbocycles. The Bertz CT molecular complexity index is 768. The molecule has 116 valence electrons. The fourth-order valence-electron chi connectivity index (χ4n) is 1.98. The van der Waals surface area contributed by atoms with E-state index < -0.39 is 23.1 Å². The minimum absolute atomic E-state index is 0.213. The van der Waals surface area contributed by atoms with Crippen molar-refractivity contribution in [2.75, 3.05) is 0 Å². The van der Waals surface area contributed by atoms with E-state index in [9.17, 15) is 18.8 Å². The smallest absolute Gasteiger partial charge is 0.335 e. The molecule has 0 saturated heterocycles. The summed E-state index contributed by atoms with van der Waals surface area (Å²) >= 11 is 0. The maximum atomic E-state index is 13.1. The summed E-state index contributed by atoms with van der Waals surface area (Å²) in [6.45, 7) is 1.79. The summed E-state index contributed by atoms with van der Waals surface area (Å²) in [5.41, 5.74) is -0.985. The maximum absolute atomic E-state index is 13.1. The molecule has 0 spiro atoms. The molecular formula is C15H16FN3O3. The van der Waals surface area contributed by atoms with E-state index >= 15 is 0 Å². The van der Waals surface area contributed by atoms with Crippen molar-refractivity contribution in [2.24, 2.45) is 0 Å². The van der Waals surface area contributed by atoms with Crippen molar-refractivity contribution < 1.29 is 9.18 Å². The van der Waals surface area contributed by atoms with Gasteiger partial charge in [0.25, 0.3) is 5.56 Å². The minimum Gasteiger partial charge on any atom is -0.335 e. The lowest BCUT2D eigenvalue weighted by Gasteiger charge is -2.14. The molecule has 0 radical (unpaired) electrons. The SMILES string of the molecule is CC(CCc1ccccc1)NC(=O)n1cc(F)c(=O)[nH]c1=O. The van der Waals surface area contributed by atoms with Crippen LogP contribution in [0.2, 0.25) is 0 Å². The molecule has 0 aliphatic carbocycles. The number of carbonyl (C=O) groups is 1. The average Bonchev–Trinajstić information content (AvgIpc) is 2.50. The highest BCUT2D eigenvalue weighted by Crippen LogP contribution is 2.04. The lowest BCUT2D eigenvalue weighted by molar-refractivity contribution is 0.237. The van der Waals surface area contributed by atoms with Crippen molar-refractivity contribution in [1.82, 2.24) is 14.9 Å². The van der Waals surface area contributed by atoms with E-state index in [2.05, 4.69) is 5.32 Å². The van der Waals surface area contributed by atoms with Gasteiger partial charge >= 0.3 is 11.7 Å². The Labute approximate surface area is 125 Å². The molecule has 6 nitrogen and oxygen atoms in total. The summed E-state index contributed by atoms with van der Waals surface area (Å²) in [6.07, 6.45) is 2.01. The number of rotatable bonds is 4. The van der Waals surface area contributed by atoms with Crippen LogP contribution in [0.3, 0.4) is 0 Å². The Hall–Kier alpha value is -2.70.